The van der Waals surface area contributed by atoms with Crippen molar-refractivity contribution in [3.05, 3.63) is 42.2 Å². The zero-order chi connectivity index (χ0) is 9.80. The van der Waals surface area contributed by atoms with Crippen LogP contribution in [0.15, 0.2) is 36.5 Å². The summed E-state index contributed by atoms with van der Waals surface area (Å²) < 4.78 is 0. The van der Waals surface area contributed by atoms with Crippen LogP contribution in [0, 0.1) is 0 Å². The third kappa shape index (κ3) is 2.91. The van der Waals surface area contributed by atoms with Crippen LogP contribution in [0.3, 0.4) is 0 Å². The van der Waals surface area contributed by atoms with Crippen LogP contribution in [0.2, 0.25) is 0 Å². The van der Waals surface area contributed by atoms with Gasteiger partial charge in [-0.25, -0.2) is 0 Å². The second-order valence-electron chi connectivity index (χ2n) is 3.58. The Morgan fingerprint density at radius 1 is 1.13 bits per heavy atom. The highest BCUT2D eigenvalue weighted by molar-refractivity contribution is 14.0. The van der Waals surface area contributed by atoms with Crippen LogP contribution in [0.1, 0.15) is 25.5 Å². The number of pyridine rings is 1. The molecule has 0 saturated carbocycles. The highest BCUT2D eigenvalue weighted by Gasteiger charge is 1.99. The van der Waals surface area contributed by atoms with Crippen LogP contribution in [0.25, 0.3) is 10.8 Å². The van der Waals surface area contributed by atoms with Gasteiger partial charge in [0, 0.05) is 17.3 Å². The molecular weight excluding hydrogens is 297 g/mol. The van der Waals surface area contributed by atoms with E-state index in [4.69, 9.17) is 0 Å². The summed E-state index contributed by atoms with van der Waals surface area (Å²) in [5.41, 5.74) is 1.24. The number of aryl methyl sites for hydroxylation is 1. The van der Waals surface area contributed by atoms with Gasteiger partial charge < -0.3 is 0 Å². The monoisotopic (exact) mass is 313 g/mol. The average molecular weight is 313 g/mol. The third-order valence-corrected chi connectivity index (χ3v) is 2.52. The smallest absolute Gasteiger partial charge is 0.0481 e. The summed E-state index contributed by atoms with van der Waals surface area (Å²) in [5, 5.41) is 2.61. The Morgan fingerprint density at radius 3 is 2.73 bits per heavy atom. The number of fused-ring (bicyclic) bond motifs is 1. The van der Waals surface area contributed by atoms with Crippen molar-refractivity contribution >= 4 is 34.7 Å². The van der Waals surface area contributed by atoms with Gasteiger partial charge in [-0.3, -0.25) is 4.98 Å². The van der Waals surface area contributed by atoms with Gasteiger partial charge in [0.05, 0.1) is 0 Å². The Hall–Kier alpha value is -0.640. The van der Waals surface area contributed by atoms with Gasteiger partial charge in [-0.05, 0) is 24.3 Å². The highest BCUT2D eigenvalue weighted by Crippen LogP contribution is 2.17. The highest BCUT2D eigenvalue weighted by atomic mass is 127. The molecule has 1 aromatic carbocycles. The second kappa shape index (κ2) is 6.05. The van der Waals surface area contributed by atoms with Crippen molar-refractivity contribution in [2.75, 3.05) is 0 Å². The molecule has 0 unspecified atom stereocenters. The van der Waals surface area contributed by atoms with Gasteiger partial charge in [-0.1, -0.05) is 37.6 Å². The normalized spacial score (nSPS) is 9.93. The molecule has 0 aliphatic rings. The van der Waals surface area contributed by atoms with Crippen molar-refractivity contribution in [2.45, 2.75) is 26.2 Å². The van der Waals surface area contributed by atoms with Gasteiger partial charge in [-0.15, -0.1) is 24.0 Å². The maximum atomic E-state index is 4.44. The Labute approximate surface area is 108 Å². The van der Waals surface area contributed by atoms with Crippen molar-refractivity contribution in [3.8, 4) is 0 Å². The minimum atomic E-state index is 0. The van der Waals surface area contributed by atoms with Crippen LogP contribution < -0.4 is 0 Å². The first kappa shape index (κ1) is 12.4. The number of rotatable bonds is 3. The van der Waals surface area contributed by atoms with Gasteiger partial charge in [0.15, 0.2) is 0 Å². The van der Waals surface area contributed by atoms with Gasteiger partial charge in [0.25, 0.3) is 0 Å². The summed E-state index contributed by atoms with van der Waals surface area (Å²) in [4.78, 5) is 4.44. The molecule has 15 heavy (non-hydrogen) atoms. The van der Waals surface area contributed by atoms with Crippen molar-refractivity contribution in [1.29, 1.82) is 0 Å². The lowest BCUT2D eigenvalue weighted by Gasteiger charge is -2.03. The van der Waals surface area contributed by atoms with Crippen molar-refractivity contribution in [2.24, 2.45) is 0 Å². The van der Waals surface area contributed by atoms with Crippen LogP contribution in [-0.4, -0.2) is 4.98 Å². The molecule has 80 valence electrons. The Morgan fingerprint density at radius 2 is 1.93 bits per heavy atom. The quantitative estimate of drug-likeness (QED) is 0.774. The number of halogens is 1. The van der Waals surface area contributed by atoms with Crippen LogP contribution in [-0.2, 0) is 6.42 Å². The molecule has 2 heteroatoms. The molecule has 2 aromatic rings. The standard InChI is InChI=1S/C13H15N.HI/c1-2-3-8-13-12-7-5-4-6-11(12)9-10-14-13;/h4-7,9-10H,2-3,8H2,1H3;1H. The fraction of sp³-hybridized carbons (Fsp3) is 0.308. The van der Waals surface area contributed by atoms with Gasteiger partial charge in [0.1, 0.15) is 0 Å². The molecule has 1 heterocycles. The van der Waals surface area contributed by atoms with E-state index >= 15 is 0 Å². The summed E-state index contributed by atoms with van der Waals surface area (Å²) in [6.07, 6.45) is 5.46. The van der Waals surface area contributed by atoms with E-state index in [1.54, 1.807) is 0 Å². The van der Waals surface area contributed by atoms with Gasteiger partial charge >= 0.3 is 0 Å². The van der Waals surface area contributed by atoms with E-state index in [1.807, 2.05) is 6.20 Å². The largest absolute Gasteiger partial charge is 0.261 e. The Kier molecular flexibility index (Phi) is 5.02. The molecule has 1 nitrogen and oxygen atoms in total. The number of aromatic nitrogens is 1. The van der Waals surface area contributed by atoms with E-state index in [-0.39, 0.29) is 24.0 Å². The lowest BCUT2D eigenvalue weighted by molar-refractivity contribution is 0.782. The number of unbranched alkanes of at least 4 members (excludes halogenated alkanes) is 1. The lowest BCUT2D eigenvalue weighted by Crippen LogP contribution is -1.90. The van der Waals surface area contributed by atoms with E-state index in [2.05, 4.69) is 42.2 Å². The summed E-state index contributed by atoms with van der Waals surface area (Å²) in [6.45, 7) is 2.21. The average Bonchev–Trinajstić information content (AvgIpc) is 2.26. The van der Waals surface area contributed by atoms with E-state index in [1.165, 1.54) is 29.3 Å². The summed E-state index contributed by atoms with van der Waals surface area (Å²) >= 11 is 0. The van der Waals surface area contributed by atoms with Gasteiger partial charge in [0.2, 0.25) is 0 Å². The van der Waals surface area contributed by atoms with Crippen LogP contribution in [0.5, 0.6) is 0 Å². The zero-order valence-electron chi connectivity index (χ0n) is 8.94. The first-order valence-electron chi connectivity index (χ1n) is 5.24. The van der Waals surface area contributed by atoms with Crippen molar-refractivity contribution in [1.82, 2.24) is 4.98 Å². The maximum absolute atomic E-state index is 4.44. The molecular formula is C13H16IN. The molecule has 0 bridgehead atoms. The molecule has 0 saturated heterocycles. The molecule has 0 N–H and O–H groups in total. The minimum absolute atomic E-state index is 0. The third-order valence-electron chi connectivity index (χ3n) is 2.52. The molecule has 0 aliphatic heterocycles. The number of hydrogen-bond acceptors (Lipinski definition) is 1. The lowest BCUT2D eigenvalue weighted by atomic mass is 10.1. The van der Waals surface area contributed by atoms with Crippen LogP contribution in [0.4, 0.5) is 0 Å². The molecule has 0 atom stereocenters. The summed E-state index contributed by atoms with van der Waals surface area (Å²) in [6, 6.07) is 10.5. The van der Waals surface area contributed by atoms with E-state index in [9.17, 15) is 0 Å². The van der Waals surface area contributed by atoms with Crippen LogP contribution >= 0.6 is 24.0 Å². The molecule has 0 fully saturated rings. The fourth-order valence-corrected chi connectivity index (χ4v) is 1.73. The molecule has 1 aromatic heterocycles. The molecule has 2 rings (SSSR count). The Bertz CT molecular complexity index is 420. The zero-order valence-corrected chi connectivity index (χ0v) is 11.3. The van der Waals surface area contributed by atoms with E-state index in [0.717, 1.165) is 6.42 Å². The first-order chi connectivity index (χ1) is 6.92. The van der Waals surface area contributed by atoms with E-state index in [0.29, 0.717) is 0 Å². The first-order valence-corrected chi connectivity index (χ1v) is 5.24. The summed E-state index contributed by atoms with van der Waals surface area (Å²) in [7, 11) is 0. The SMILES string of the molecule is CCCCc1nccc2ccccc12.I. The van der Waals surface area contributed by atoms with Gasteiger partial charge in [-0.2, -0.15) is 0 Å². The minimum Gasteiger partial charge on any atom is -0.261 e. The predicted octanol–water partition coefficient (Wildman–Crippen LogP) is 4.20. The number of hydrogen-bond donors (Lipinski definition) is 0. The van der Waals surface area contributed by atoms with E-state index < -0.39 is 0 Å². The molecule has 0 aliphatic carbocycles. The van der Waals surface area contributed by atoms with Crippen molar-refractivity contribution < 1.29 is 0 Å². The second-order valence-corrected chi connectivity index (χ2v) is 3.58. The maximum Gasteiger partial charge on any atom is 0.0481 e. The molecule has 0 radical (unpaired) electrons. The molecule has 0 spiro atoms. The number of benzene rings is 1. The fourth-order valence-electron chi connectivity index (χ4n) is 1.73. The number of nitrogens with zero attached hydrogens (tertiary/aromatic N) is 1. The molecule has 0 amide bonds. The predicted molar refractivity (Wildman–Crippen MR) is 75.8 cm³/mol. The Balaban J connectivity index is 0.00000112. The summed E-state index contributed by atoms with van der Waals surface area (Å²) in [5.74, 6) is 0. The van der Waals surface area contributed by atoms with Crippen molar-refractivity contribution in [3.63, 3.8) is 0 Å². The topological polar surface area (TPSA) is 12.9 Å².